The predicted octanol–water partition coefficient (Wildman–Crippen LogP) is 4.70. The van der Waals surface area contributed by atoms with Crippen molar-refractivity contribution in [3.63, 3.8) is 0 Å². The molecule has 0 bridgehead atoms. The van der Waals surface area contributed by atoms with Crippen molar-refractivity contribution >= 4 is 22.8 Å². The Morgan fingerprint density at radius 2 is 1.86 bits per heavy atom. The van der Waals surface area contributed by atoms with Crippen LogP contribution < -0.4 is 0 Å². The van der Waals surface area contributed by atoms with E-state index in [-0.39, 0.29) is 17.2 Å². The van der Waals surface area contributed by atoms with E-state index in [0.717, 1.165) is 6.07 Å². The average molecular weight is 383 g/mol. The first kappa shape index (κ1) is 19.6. The Hall–Kier alpha value is -3.15. The van der Waals surface area contributed by atoms with Gasteiger partial charge in [-0.3, -0.25) is 14.2 Å². The van der Waals surface area contributed by atoms with Gasteiger partial charge in [0.1, 0.15) is 11.6 Å². The molecule has 3 rings (SSSR count). The molecule has 28 heavy (non-hydrogen) atoms. The van der Waals surface area contributed by atoms with Crippen LogP contribution in [-0.4, -0.2) is 26.7 Å². The fraction of sp³-hybridized carbons (Fsp3) is 0.273. The van der Waals surface area contributed by atoms with Gasteiger partial charge >= 0.3 is 5.97 Å². The van der Waals surface area contributed by atoms with Crippen LogP contribution >= 0.6 is 0 Å². The summed E-state index contributed by atoms with van der Waals surface area (Å²) in [4.78, 5) is 25.1. The van der Waals surface area contributed by atoms with Gasteiger partial charge in [0, 0.05) is 16.6 Å². The number of phenolic OH excluding ortho intramolecular Hbond substituents is 1. The third-order valence-corrected chi connectivity index (χ3v) is 4.86. The third-order valence-electron chi connectivity index (χ3n) is 4.86. The van der Waals surface area contributed by atoms with E-state index >= 15 is 0 Å². The van der Waals surface area contributed by atoms with Crippen LogP contribution in [0.4, 0.5) is 4.39 Å². The molecule has 2 N–H and O–H groups in total. The molecule has 1 heterocycles. The number of carbonyl (C=O) groups is 2. The van der Waals surface area contributed by atoms with Gasteiger partial charge in [-0.15, -0.1) is 0 Å². The van der Waals surface area contributed by atoms with Gasteiger partial charge in [-0.25, -0.2) is 4.39 Å². The van der Waals surface area contributed by atoms with E-state index in [0.29, 0.717) is 28.6 Å². The Kier molecular flexibility index (Phi) is 5.23. The van der Waals surface area contributed by atoms with Crippen molar-refractivity contribution in [3.8, 4) is 5.75 Å². The molecule has 6 heteroatoms. The van der Waals surface area contributed by atoms with Gasteiger partial charge in [0.25, 0.3) is 5.91 Å². The second-order valence-electron chi connectivity index (χ2n) is 7.37. The van der Waals surface area contributed by atoms with E-state index in [1.54, 1.807) is 13.0 Å². The maximum Gasteiger partial charge on any atom is 0.311 e. The van der Waals surface area contributed by atoms with E-state index in [9.17, 15) is 24.2 Å². The molecule has 5 nitrogen and oxygen atoms in total. The highest BCUT2D eigenvalue weighted by atomic mass is 19.1. The van der Waals surface area contributed by atoms with Gasteiger partial charge in [0.2, 0.25) is 0 Å². The second kappa shape index (κ2) is 7.46. The number of hydrogen-bond donors (Lipinski definition) is 2. The van der Waals surface area contributed by atoms with Crippen LogP contribution in [0.3, 0.4) is 0 Å². The zero-order valence-corrected chi connectivity index (χ0v) is 15.9. The lowest BCUT2D eigenvalue weighted by molar-refractivity contribution is -0.139. The van der Waals surface area contributed by atoms with Gasteiger partial charge in [0.15, 0.2) is 0 Å². The summed E-state index contributed by atoms with van der Waals surface area (Å²) in [5, 5.41) is 20.3. The topological polar surface area (TPSA) is 79.5 Å². The van der Waals surface area contributed by atoms with Gasteiger partial charge in [-0.2, -0.15) is 0 Å². The van der Waals surface area contributed by atoms with E-state index in [4.69, 9.17) is 0 Å². The zero-order valence-electron chi connectivity index (χ0n) is 15.9. The maximum atomic E-state index is 13.6. The molecule has 0 saturated carbocycles. The fourth-order valence-corrected chi connectivity index (χ4v) is 3.70. The highest BCUT2D eigenvalue weighted by Crippen LogP contribution is 2.37. The molecule has 3 aromatic rings. The van der Waals surface area contributed by atoms with Crippen LogP contribution in [0.1, 0.15) is 47.8 Å². The van der Waals surface area contributed by atoms with Gasteiger partial charge < -0.3 is 10.2 Å². The number of hydrogen-bond acceptors (Lipinski definition) is 3. The van der Waals surface area contributed by atoms with E-state index in [1.807, 2.05) is 13.8 Å². The normalized spacial score (nSPS) is 12.5. The van der Waals surface area contributed by atoms with E-state index in [2.05, 4.69) is 0 Å². The summed E-state index contributed by atoms with van der Waals surface area (Å²) >= 11 is 0. The standard InChI is InChI=1S/C22H22FNO4/c1-12(2)9-18(22(27)28)20-13(3)24(19-8-7-16(25)11-17(19)20)21(26)14-5-4-6-15(23)10-14/h4-8,10-12,18,25H,9H2,1-3H3,(H,27,28). The number of aromatic nitrogens is 1. The number of carbonyl (C=O) groups excluding carboxylic acids is 1. The molecule has 1 atom stereocenters. The smallest absolute Gasteiger partial charge is 0.311 e. The largest absolute Gasteiger partial charge is 0.508 e. The number of aliphatic carboxylic acids is 1. The number of carboxylic acids is 1. The minimum absolute atomic E-state index is 0.0159. The van der Waals surface area contributed by atoms with Gasteiger partial charge in [-0.1, -0.05) is 19.9 Å². The first-order valence-electron chi connectivity index (χ1n) is 9.07. The highest BCUT2D eigenvalue weighted by molar-refractivity contribution is 6.05. The predicted molar refractivity (Wildman–Crippen MR) is 104 cm³/mol. The molecule has 0 radical (unpaired) electrons. The second-order valence-corrected chi connectivity index (χ2v) is 7.37. The van der Waals surface area contributed by atoms with Crippen molar-refractivity contribution in [3.05, 3.63) is 65.1 Å². The summed E-state index contributed by atoms with van der Waals surface area (Å²) in [6, 6.07) is 9.87. The number of halogens is 1. The van der Waals surface area contributed by atoms with Gasteiger partial charge in [0.05, 0.1) is 11.4 Å². The number of aromatic hydroxyl groups is 1. The van der Waals surface area contributed by atoms with Crippen molar-refractivity contribution in [1.82, 2.24) is 4.57 Å². The minimum atomic E-state index is -0.989. The molecule has 0 spiro atoms. The Morgan fingerprint density at radius 1 is 1.14 bits per heavy atom. The lowest BCUT2D eigenvalue weighted by Gasteiger charge is -2.16. The fourth-order valence-electron chi connectivity index (χ4n) is 3.70. The summed E-state index contributed by atoms with van der Waals surface area (Å²) in [5.74, 6) is -2.69. The highest BCUT2D eigenvalue weighted by Gasteiger charge is 2.30. The molecule has 1 aromatic heterocycles. The lowest BCUT2D eigenvalue weighted by atomic mass is 9.88. The van der Waals surface area contributed by atoms with Crippen molar-refractivity contribution in [2.24, 2.45) is 5.92 Å². The summed E-state index contributed by atoms with van der Waals surface area (Å²) in [6.45, 7) is 5.54. The van der Waals surface area contributed by atoms with Crippen LogP contribution in [0.2, 0.25) is 0 Å². The molecular weight excluding hydrogens is 361 g/mol. The molecule has 0 aliphatic carbocycles. The molecular formula is C22H22FNO4. The average Bonchev–Trinajstić information content (AvgIpc) is 2.89. The number of carboxylic acid groups (broad SMARTS) is 1. The van der Waals surface area contributed by atoms with Crippen LogP contribution in [0.25, 0.3) is 10.9 Å². The van der Waals surface area contributed by atoms with Gasteiger partial charge in [-0.05, 0) is 61.2 Å². The third kappa shape index (κ3) is 3.50. The Labute approximate surface area is 162 Å². The molecule has 0 aliphatic rings. The van der Waals surface area contributed by atoms with E-state index in [1.165, 1.54) is 34.9 Å². The number of nitrogens with zero attached hydrogens (tertiary/aromatic N) is 1. The number of phenols is 1. The molecule has 146 valence electrons. The van der Waals surface area contributed by atoms with E-state index < -0.39 is 23.6 Å². The molecule has 1 unspecified atom stereocenters. The van der Waals surface area contributed by atoms with Crippen molar-refractivity contribution < 1.29 is 24.2 Å². The van der Waals surface area contributed by atoms with Crippen LogP contribution in [0.15, 0.2) is 42.5 Å². The number of benzene rings is 2. The molecule has 0 aliphatic heterocycles. The lowest BCUT2D eigenvalue weighted by Crippen LogP contribution is -2.17. The first-order valence-corrected chi connectivity index (χ1v) is 9.07. The van der Waals surface area contributed by atoms with Crippen LogP contribution in [-0.2, 0) is 4.79 Å². The molecule has 0 saturated heterocycles. The Balaban J connectivity index is 2.29. The zero-order chi connectivity index (χ0) is 20.6. The summed E-state index contributed by atoms with van der Waals surface area (Å²) in [6.07, 6.45) is 0.388. The molecule has 2 aromatic carbocycles. The number of rotatable bonds is 5. The van der Waals surface area contributed by atoms with Crippen LogP contribution in [0.5, 0.6) is 5.75 Å². The first-order chi connectivity index (χ1) is 13.2. The maximum absolute atomic E-state index is 13.6. The van der Waals surface area contributed by atoms with Crippen LogP contribution in [0, 0.1) is 18.7 Å². The molecule has 0 fully saturated rings. The monoisotopic (exact) mass is 383 g/mol. The Morgan fingerprint density at radius 3 is 2.46 bits per heavy atom. The minimum Gasteiger partial charge on any atom is -0.508 e. The molecule has 0 amide bonds. The summed E-state index contributed by atoms with van der Waals surface area (Å²) in [7, 11) is 0. The van der Waals surface area contributed by atoms with Crippen molar-refractivity contribution in [1.29, 1.82) is 0 Å². The van der Waals surface area contributed by atoms with Crippen molar-refractivity contribution in [2.75, 3.05) is 0 Å². The van der Waals surface area contributed by atoms with Crippen molar-refractivity contribution in [2.45, 2.75) is 33.1 Å². The summed E-state index contributed by atoms with van der Waals surface area (Å²) in [5.41, 5.74) is 1.62. The number of fused-ring (bicyclic) bond motifs is 1. The SMILES string of the molecule is Cc1c(C(CC(C)C)C(=O)O)c2cc(O)ccc2n1C(=O)c1cccc(F)c1. The summed E-state index contributed by atoms with van der Waals surface area (Å²) < 4.78 is 15.0. The quantitative estimate of drug-likeness (QED) is 0.669. The Bertz CT molecular complexity index is 1070.